The van der Waals surface area contributed by atoms with E-state index in [4.69, 9.17) is 4.98 Å². The van der Waals surface area contributed by atoms with Crippen molar-refractivity contribution >= 4 is 11.8 Å². The summed E-state index contributed by atoms with van der Waals surface area (Å²) < 4.78 is 0. The van der Waals surface area contributed by atoms with Crippen LogP contribution < -0.4 is 15.8 Å². The molecule has 7 heteroatoms. The highest BCUT2D eigenvalue weighted by Gasteiger charge is 2.27. The fourth-order valence-electron chi connectivity index (χ4n) is 4.31. The Morgan fingerprint density at radius 1 is 1.21 bits per heavy atom. The number of nitrogens with zero attached hydrogens (tertiary/aromatic N) is 3. The van der Waals surface area contributed by atoms with Crippen LogP contribution in [-0.4, -0.2) is 45.8 Å². The van der Waals surface area contributed by atoms with E-state index in [9.17, 15) is 9.90 Å². The number of anilines is 2. The van der Waals surface area contributed by atoms with Crippen LogP contribution >= 0.6 is 0 Å². The third-order valence-corrected chi connectivity index (χ3v) is 5.85. The van der Waals surface area contributed by atoms with Gasteiger partial charge in [0.25, 0.3) is 5.56 Å². The molecule has 0 spiro atoms. The molecule has 2 atom stereocenters. The first-order valence-electron chi connectivity index (χ1n) is 10.3. The maximum Gasteiger partial charge on any atom is 0.263 e. The highest BCUT2D eigenvalue weighted by molar-refractivity contribution is 5.73. The van der Waals surface area contributed by atoms with Crippen LogP contribution in [-0.2, 0) is 0 Å². The van der Waals surface area contributed by atoms with Crippen LogP contribution in [0.3, 0.4) is 0 Å². The van der Waals surface area contributed by atoms with Gasteiger partial charge in [-0.15, -0.1) is 0 Å². The van der Waals surface area contributed by atoms with Crippen LogP contribution in [0.25, 0.3) is 11.3 Å². The van der Waals surface area contributed by atoms with Crippen molar-refractivity contribution in [1.82, 2.24) is 15.0 Å². The van der Waals surface area contributed by atoms with Crippen molar-refractivity contribution < 1.29 is 5.11 Å². The molecule has 0 bridgehead atoms. The fourth-order valence-corrected chi connectivity index (χ4v) is 4.31. The molecule has 1 aliphatic heterocycles. The fraction of sp³-hybridized carbons (Fsp3) is 0.571. The van der Waals surface area contributed by atoms with Crippen molar-refractivity contribution in [1.29, 1.82) is 0 Å². The summed E-state index contributed by atoms with van der Waals surface area (Å²) in [5.41, 5.74) is 1.84. The second kappa shape index (κ2) is 8.31. The number of aliphatic hydroxyl groups excluding tert-OH is 1. The van der Waals surface area contributed by atoms with E-state index in [-0.39, 0.29) is 18.2 Å². The smallest absolute Gasteiger partial charge is 0.263 e. The van der Waals surface area contributed by atoms with Gasteiger partial charge in [0.1, 0.15) is 11.4 Å². The average molecular weight is 383 g/mol. The minimum Gasteiger partial charge on any atom is -0.396 e. The largest absolute Gasteiger partial charge is 0.396 e. The summed E-state index contributed by atoms with van der Waals surface area (Å²) in [7, 11) is 0. The lowest BCUT2D eigenvalue weighted by molar-refractivity contribution is 0.229. The Morgan fingerprint density at radius 3 is 2.75 bits per heavy atom. The Morgan fingerprint density at radius 2 is 2.04 bits per heavy atom. The number of hydrogen-bond donors (Lipinski definition) is 3. The van der Waals surface area contributed by atoms with Gasteiger partial charge in [0.05, 0.1) is 5.69 Å². The van der Waals surface area contributed by atoms with Crippen molar-refractivity contribution in [2.24, 2.45) is 5.92 Å². The highest BCUT2D eigenvalue weighted by atomic mass is 16.3. The summed E-state index contributed by atoms with van der Waals surface area (Å²) in [5.74, 6) is 1.56. The van der Waals surface area contributed by atoms with Gasteiger partial charge < -0.3 is 15.3 Å². The van der Waals surface area contributed by atoms with Crippen molar-refractivity contribution in [3.63, 3.8) is 0 Å². The minimum atomic E-state index is -0.159. The zero-order valence-corrected chi connectivity index (χ0v) is 16.4. The number of piperidine rings is 1. The molecule has 1 aliphatic carbocycles. The van der Waals surface area contributed by atoms with Gasteiger partial charge in [-0.3, -0.25) is 14.8 Å². The molecule has 0 amide bonds. The quantitative estimate of drug-likeness (QED) is 0.735. The van der Waals surface area contributed by atoms with E-state index in [0.717, 1.165) is 50.9 Å². The standard InChI is InChI=1S/C21H29N5O2/c1-14-6-5-7-17(22-14)18-19(23-16-9-8-15(12-16)13-27)24-21(25-20(18)28)26-10-3-2-4-11-26/h5-7,15-16,27H,2-4,8-13H2,1H3,(H2,23,24,25,28). The summed E-state index contributed by atoms with van der Waals surface area (Å²) in [6.45, 7) is 3.97. The maximum absolute atomic E-state index is 13.1. The Bertz CT molecular complexity index is 875. The van der Waals surface area contributed by atoms with Crippen LogP contribution in [0.15, 0.2) is 23.0 Å². The lowest BCUT2D eigenvalue weighted by Gasteiger charge is -2.28. The molecule has 2 fully saturated rings. The molecule has 0 radical (unpaired) electrons. The molecule has 2 aromatic rings. The van der Waals surface area contributed by atoms with Gasteiger partial charge in [-0.05, 0) is 63.5 Å². The average Bonchev–Trinajstić information content (AvgIpc) is 3.16. The molecule has 2 aromatic heterocycles. The number of aromatic nitrogens is 3. The van der Waals surface area contributed by atoms with Crippen LogP contribution in [0.2, 0.25) is 0 Å². The Kier molecular flexibility index (Phi) is 5.62. The number of rotatable bonds is 5. The zero-order valence-electron chi connectivity index (χ0n) is 16.4. The molecule has 3 heterocycles. The molecule has 1 saturated heterocycles. The zero-order chi connectivity index (χ0) is 19.5. The number of nitrogens with one attached hydrogen (secondary N) is 2. The monoisotopic (exact) mass is 383 g/mol. The van der Waals surface area contributed by atoms with Crippen LogP contribution in [0, 0.1) is 12.8 Å². The highest BCUT2D eigenvalue weighted by Crippen LogP contribution is 2.30. The molecule has 3 N–H and O–H groups in total. The van der Waals surface area contributed by atoms with Crippen molar-refractivity contribution in [2.45, 2.75) is 51.5 Å². The molecule has 1 saturated carbocycles. The second-order valence-electron chi connectivity index (χ2n) is 8.03. The second-order valence-corrected chi connectivity index (χ2v) is 8.03. The summed E-state index contributed by atoms with van der Waals surface area (Å²) in [6, 6.07) is 5.90. The van der Waals surface area contributed by atoms with Crippen molar-refractivity contribution in [3.8, 4) is 11.3 Å². The number of H-pyrrole nitrogens is 1. The van der Waals surface area contributed by atoms with E-state index in [1.165, 1.54) is 6.42 Å². The van der Waals surface area contributed by atoms with Gasteiger partial charge in [0.15, 0.2) is 0 Å². The van der Waals surface area contributed by atoms with E-state index >= 15 is 0 Å². The molecule has 150 valence electrons. The van der Waals surface area contributed by atoms with Gasteiger partial charge in [-0.1, -0.05) is 6.07 Å². The van der Waals surface area contributed by atoms with E-state index < -0.39 is 0 Å². The molecule has 28 heavy (non-hydrogen) atoms. The number of hydrogen-bond acceptors (Lipinski definition) is 6. The summed E-state index contributed by atoms with van der Waals surface area (Å²) in [4.78, 5) is 27.6. The number of aromatic amines is 1. The Hall–Kier alpha value is -2.41. The maximum atomic E-state index is 13.1. The first-order chi connectivity index (χ1) is 13.6. The van der Waals surface area contributed by atoms with Gasteiger partial charge in [0, 0.05) is 31.4 Å². The van der Waals surface area contributed by atoms with E-state index in [0.29, 0.717) is 28.9 Å². The Labute approximate surface area is 165 Å². The van der Waals surface area contributed by atoms with E-state index in [1.54, 1.807) is 0 Å². The first-order valence-corrected chi connectivity index (χ1v) is 10.3. The van der Waals surface area contributed by atoms with Gasteiger partial charge in [0.2, 0.25) is 5.95 Å². The Balaban J connectivity index is 1.72. The molecular weight excluding hydrogens is 354 g/mol. The van der Waals surface area contributed by atoms with E-state index in [1.807, 2.05) is 25.1 Å². The lowest BCUT2D eigenvalue weighted by Crippen LogP contribution is -2.33. The summed E-state index contributed by atoms with van der Waals surface area (Å²) in [6.07, 6.45) is 6.32. The molecule has 7 nitrogen and oxygen atoms in total. The predicted octanol–water partition coefficient (Wildman–Crippen LogP) is 2.70. The molecular formula is C21H29N5O2. The van der Waals surface area contributed by atoms with Crippen LogP contribution in [0.1, 0.15) is 44.2 Å². The van der Waals surface area contributed by atoms with E-state index in [2.05, 4.69) is 20.2 Å². The lowest BCUT2D eigenvalue weighted by atomic mass is 10.1. The van der Waals surface area contributed by atoms with Crippen LogP contribution in [0.4, 0.5) is 11.8 Å². The van der Waals surface area contributed by atoms with Gasteiger partial charge in [-0.25, -0.2) is 0 Å². The topological polar surface area (TPSA) is 94.1 Å². The van der Waals surface area contributed by atoms with Gasteiger partial charge >= 0.3 is 0 Å². The van der Waals surface area contributed by atoms with Crippen molar-refractivity contribution in [2.75, 3.05) is 29.9 Å². The molecule has 2 aliphatic rings. The third kappa shape index (κ3) is 4.04. The predicted molar refractivity (Wildman–Crippen MR) is 111 cm³/mol. The molecule has 0 aromatic carbocycles. The normalized spacial score (nSPS) is 22.4. The van der Waals surface area contributed by atoms with Crippen molar-refractivity contribution in [3.05, 3.63) is 34.2 Å². The summed E-state index contributed by atoms with van der Waals surface area (Å²) in [5, 5.41) is 13.0. The molecule has 2 unspecified atom stereocenters. The minimum absolute atomic E-state index is 0.159. The first kappa shape index (κ1) is 18.9. The number of aryl methyl sites for hydroxylation is 1. The number of aliphatic hydroxyl groups is 1. The van der Waals surface area contributed by atoms with Gasteiger partial charge in [-0.2, -0.15) is 4.98 Å². The molecule has 4 rings (SSSR count). The number of pyridine rings is 1. The SMILES string of the molecule is Cc1cccc(-c2c(NC3CCC(CO)C3)nc(N3CCCCC3)[nH]c2=O)n1. The third-order valence-electron chi connectivity index (χ3n) is 5.85. The summed E-state index contributed by atoms with van der Waals surface area (Å²) >= 11 is 0. The van der Waals surface area contributed by atoms with Crippen LogP contribution in [0.5, 0.6) is 0 Å².